The first kappa shape index (κ1) is 12.2. The highest BCUT2D eigenvalue weighted by Gasteiger charge is 2.13. The van der Waals surface area contributed by atoms with Gasteiger partial charge in [0.05, 0.1) is 10.0 Å². The van der Waals surface area contributed by atoms with Crippen molar-refractivity contribution in [3.8, 4) is 11.1 Å². The van der Waals surface area contributed by atoms with Crippen molar-refractivity contribution in [2.45, 2.75) is 6.54 Å². The van der Waals surface area contributed by atoms with Gasteiger partial charge in [0.25, 0.3) is 0 Å². The molecule has 0 aliphatic carbocycles. The smallest absolute Gasteiger partial charge is 0.148 e. The van der Waals surface area contributed by atoms with Gasteiger partial charge in [-0.15, -0.1) is 0 Å². The van der Waals surface area contributed by atoms with Gasteiger partial charge in [-0.3, -0.25) is 0 Å². The molecule has 0 spiro atoms. The highest BCUT2D eigenvalue weighted by molar-refractivity contribution is 9.10. The molecule has 88 valence electrons. The van der Waals surface area contributed by atoms with Gasteiger partial charge >= 0.3 is 0 Å². The largest absolute Gasteiger partial charge is 0.326 e. The molecule has 0 aliphatic rings. The molecule has 0 amide bonds. The van der Waals surface area contributed by atoms with E-state index in [1.54, 1.807) is 24.3 Å². The van der Waals surface area contributed by atoms with Crippen molar-refractivity contribution in [1.29, 1.82) is 0 Å². The molecule has 2 aromatic rings. The lowest BCUT2D eigenvalue weighted by atomic mass is 10.0. The Morgan fingerprint density at radius 2 is 1.65 bits per heavy atom. The summed E-state index contributed by atoms with van der Waals surface area (Å²) in [7, 11) is 0. The predicted molar refractivity (Wildman–Crippen MR) is 67.4 cm³/mol. The molecule has 2 rings (SSSR count). The Balaban J connectivity index is 2.55. The Hall–Kier alpha value is -1.26. The van der Waals surface area contributed by atoms with Gasteiger partial charge in [-0.05, 0) is 39.2 Å². The van der Waals surface area contributed by atoms with Crippen LogP contribution in [-0.4, -0.2) is 0 Å². The third-order valence-electron chi connectivity index (χ3n) is 2.52. The minimum atomic E-state index is -0.592. The van der Waals surface area contributed by atoms with Crippen molar-refractivity contribution in [3.05, 3.63) is 58.1 Å². The summed E-state index contributed by atoms with van der Waals surface area (Å²) in [6.45, 7) is 0.406. The lowest BCUT2D eigenvalue weighted by molar-refractivity contribution is 0.585. The van der Waals surface area contributed by atoms with Crippen LogP contribution in [0.2, 0.25) is 0 Å². The standard InChI is InChI=1S/C13H10BrF2N/c14-10-5-6-11(15)12(13(10)16)9-3-1-8(7-17)2-4-9/h1-6H,7,17H2. The van der Waals surface area contributed by atoms with E-state index in [9.17, 15) is 8.78 Å². The minimum absolute atomic E-state index is 0.0250. The van der Waals surface area contributed by atoms with Crippen LogP contribution in [0.3, 0.4) is 0 Å². The third kappa shape index (κ3) is 2.37. The number of halogens is 3. The predicted octanol–water partition coefficient (Wildman–Crippen LogP) is 3.85. The molecule has 17 heavy (non-hydrogen) atoms. The summed E-state index contributed by atoms with van der Waals surface area (Å²) >= 11 is 3.04. The van der Waals surface area contributed by atoms with Crippen LogP contribution in [0.4, 0.5) is 8.78 Å². The summed E-state index contributed by atoms with van der Waals surface area (Å²) in [5.41, 5.74) is 6.86. The first-order valence-electron chi connectivity index (χ1n) is 5.06. The molecule has 2 N–H and O–H groups in total. The van der Waals surface area contributed by atoms with E-state index >= 15 is 0 Å². The summed E-state index contributed by atoms with van der Waals surface area (Å²) in [5.74, 6) is -1.17. The first-order chi connectivity index (χ1) is 8.13. The van der Waals surface area contributed by atoms with Gasteiger partial charge in [0.15, 0.2) is 0 Å². The Morgan fingerprint density at radius 3 is 2.24 bits per heavy atom. The molecule has 0 unspecified atom stereocenters. The highest BCUT2D eigenvalue weighted by Crippen LogP contribution is 2.30. The molecule has 0 saturated carbocycles. The molecular formula is C13H10BrF2N. The van der Waals surface area contributed by atoms with Crippen LogP contribution < -0.4 is 5.73 Å². The number of rotatable bonds is 2. The van der Waals surface area contributed by atoms with E-state index in [2.05, 4.69) is 15.9 Å². The zero-order valence-electron chi connectivity index (χ0n) is 8.88. The summed E-state index contributed by atoms with van der Waals surface area (Å²) < 4.78 is 27.7. The Bertz CT molecular complexity index is 538. The summed E-state index contributed by atoms with van der Waals surface area (Å²) in [5, 5.41) is 0. The molecule has 2 aromatic carbocycles. The molecule has 0 aliphatic heterocycles. The molecule has 4 heteroatoms. The topological polar surface area (TPSA) is 26.0 Å². The fourth-order valence-electron chi connectivity index (χ4n) is 1.60. The number of benzene rings is 2. The number of hydrogen-bond donors (Lipinski definition) is 1. The molecular weight excluding hydrogens is 288 g/mol. The second-order valence-corrected chi connectivity index (χ2v) is 4.47. The van der Waals surface area contributed by atoms with Crippen LogP contribution in [0.15, 0.2) is 40.9 Å². The average molecular weight is 298 g/mol. The van der Waals surface area contributed by atoms with Crippen molar-refractivity contribution in [1.82, 2.24) is 0 Å². The van der Waals surface area contributed by atoms with E-state index < -0.39 is 11.6 Å². The van der Waals surface area contributed by atoms with E-state index in [1.165, 1.54) is 12.1 Å². The SMILES string of the molecule is NCc1ccc(-c2c(F)ccc(Br)c2F)cc1. The van der Waals surface area contributed by atoms with Crippen LogP contribution in [0.25, 0.3) is 11.1 Å². The maximum Gasteiger partial charge on any atom is 0.148 e. The van der Waals surface area contributed by atoms with Crippen LogP contribution >= 0.6 is 15.9 Å². The zero-order chi connectivity index (χ0) is 12.4. The zero-order valence-corrected chi connectivity index (χ0v) is 10.5. The van der Waals surface area contributed by atoms with E-state index in [0.29, 0.717) is 12.1 Å². The van der Waals surface area contributed by atoms with Crippen molar-refractivity contribution < 1.29 is 8.78 Å². The quantitative estimate of drug-likeness (QED) is 0.837. The first-order valence-corrected chi connectivity index (χ1v) is 5.85. The van der Waals surface area contributed by atoms with Gasteiger partial charge in [-0.25, -0.2) is 8.78 Å². The maximum atomic E-state index is 13.8. The van der Waals surface area contributed by atoms with Gasteiger partial charge in [0, 0.05) is 6.54 Å². The van der Waals surface area contributed by atoms with Gasteiger partial charge in [0.2, 0.25) is 0 Å². The lowest BCUT2D eigenvalue weighted by Gasteiger charge is -2.07. The molecule has 0 bridgehead atoms. The number of nitrogens with two attached hydrogens (primary N) is 1. The third-order valence-corrected chi connectivity index (χ3v) is 3.13. The van der Waals surface area contributed by atoms with Crippen molar-refractivity contribution >= 4 is 15.9 Å². The van der Waals surface area contributed by atoms with Gasteiger partial charge in [0.1, 0.15) is 11.6 Å². The monoisotopic (exact) mass is 297 g/mol. The highest BCUT2D eigenvalue weighted by atomic mass is 79.9. The van der Waals surface area contributed by atoms with Crippen molar-refractivity contribution in [3.63, 3.8) is 0 Å². The maximum absolute atomic E-state index is 13.8. The van der Waals surface area contributed by atoms with E-state index in [0.717, 1.165) is 5.56 Å². The van der Waals surface area contributed by atoms with Crippen LogP contribution in [0.1, 0.15) is 5.56 Å². The molecule has 1 nitrogen and oxygen atoms in total. The van der Waals surface area contributed by atoms with Gasteiger partial charge in [-0.2, -0.15) is 0 Å². The Kier molecular flexibility index (Phi) is 3.54. The van der Waals surface area contributed by atoms with Crippen molar-refractivity contribution in [2.75, 3.05) is 0 Å². The van der Waals surface area contributed by atoms with Crippen LogP contribution in [-0.2, 0) is 6.54 Å². The van der Waals surface area contributed by atoms with E-state index in [-0.39, 0.29) is 10.0 Å². The summed E-state index contributed by atoms with van der Waals surface area (Å²) in [4.78, 5) is 0. The molecule has 0 fully saturated rings. The van der Waals surface area contributed by atoms with Crippen LogP contribution in [0.5, 0.6) is 0 Å². The Labute approximate surface area is 106 Å². The fourth-order valence-corrected chi connectivity index (χ4v) is 1.93. The Morgan fingerprint density at radius 1 is 1.00 bits per heavy atom. The molecule has 0 radical (unpaired) electrons. The van der Waals surface area contributed by atoms with E-state index in [4.69, 9.17) is 5.73 Å². The summed E-state index contributed by atoms with van der Waals surface area (Å²) in [6, 6.07) is 9.43. The van der Waals surface area contributed by atoms with Crippen molar-refractivity contribution in [2.24, 2.45) is 5.73 Å². The second kappa shape index (κ2) is 4.94. The minimum Gasteiger partial charge on any atom is -0.326 e. The second-order valence-electron chi connectivity index (χ2n) is 3.62. The fraction of sp³-hybridized carbons (Fsp3) is 0.0769. The molecule has 0 atom stereocenters. The van der Waals surface area contributed by atoms with Gasteiger partial charge in [-0.1, -0.05) is 24.3 Å². The molecule has 0 heterocycles. The number of hydrogen-bond acceptors (Lipinski definition) is 1. The van der Waals surface area contributed by atoms with Crippen LogP contribution in [0, 0.1) is 11.6 Å². The lowest BCUT2D eigenvalue weighted by Crippen LogP contribution is -1.96. The van der Waals surface area contributed by atoms with Gasteiger partial charge < -0.3 is 5.73 Å². The normalized spacial score (nSPS) is 10.6. The van der Waals surface area contributed by atoms with E-state index in [1.807, 2.05) is 0 Å². The summed E-state index contributed by atoms with van der Waals surface area (Å²) in [6.07, 6.45) is 0. The average Bonchev–Trinajstić information content (AvgIpc) is 2.35. The molecule has 0 aromatic heterocycles. The molecule has 0 saturated heterocycles.